The number of aryl methyl sites for hydroxylation is 1. The van der Waals surface area contributed by atoms with Crippen molar-refractivity contribution in [1.82, 2.24) is 0 Å². The van der Waals surface area contributed by atoms with Crippen LogP contribution in [0, 0.1) is 24.1 Å². The number of allylic oxidation sites excluding steroid dienone is 1. The predicted octanol–water partition coefficient (Wildman–Crippen LogP) is 2.67. The number of nitrogens with zero attached hydrogens (tertiary/aromatic N) is 1. The summed E-state index contributed by atoms with van der Waals surface area (Å²) in [7, 11) is 0. The van der Waals surface area contributed by atoms with Crippen LogP contribution in [-0.4, -0.2) is 0 Å². The number of benzene rings is 1. The number of nitriles is 1. The maximum absolute atomic E-state index is 13.0. The molecule has 0 N–H and O–H groups in total. The average molecular weight is 161 g/mol. The first-order valence-corrected chi connectivity index (χ1v) is 3.57. The maximum Gasteiger partial charge on any atom is 0.130 e. The lowest BCUT2D eigenvalue weighted by atomic mass is 10.1. The van der Waals surface area contributed by atoms with E-state index in [1.807, 2.05) is 6.07 Å². The van der Waals surface area contributed by atoms with Crippen LogP contribution in [0.2, 0.25) is 0 Å². The largest absolute Gasteiger partial charge is 0.206 e. The molecule has 0 radical (unpaired) electrons. The van der Waals surface area contributed by atoms with Gasteiger partial charge in [-0.15, -0.1) is 0 Å². The van der Waals surface area contributed by atoms with E-state index < -0.39 is 0 Å². The normalized spacial score (nSPS) is 10.1. The Kier molecular flexibility index (Phi) is 2.60. The summed E-state index contributed by atoms with van der Waals surface area (Å²) >= 11 is 0. The molecule has 0 saturated carbocycles. The van der Waals surface area contributed by atoms with E-state index in [1.165, 1.54) is 18.2 Å². The van der Waals surface area contributed by atoms with E-state index in [9.17, 15) is 4.39 Å². The van der Waals surface area contributed by atoms with Crippen LogP contribution in [0.3, 0.4) is 0 Å². The Hall–Kier alpha value is -1.62. The standard InChI is InChI=1S/C10H8FN/c1-8-4-2-6-10(11)9(8)5-3-7-12/h2-6H,1H3. The van der Waals surface area contributed by atoms with Gasteiger partial charge in [-0.25, -0.2) is 4.39 Å². The molecule has 0 atom stereocenters. The number of halogens is 1. The molecule has 0 bridgehead atoms. The van der Waals surface area contributed by atoms with Gasteiger partial charge in [-0.05, 0) is 24.6 Å². The molecule has 12 heavy (non-hydrogen) atoms. The van der Waals surface area contributed by atoms with Crippen LogP contribution < -0.4 is 0 Å². The van der Waals surface area contributed by atoms with Crippen molar-refractivity contribution in [2.45, 2.75) is 6.92 Å². The Bertz CT molecular complexity index is 327. The van der Waals surface area contributed by atoms with E-state index in [0.29, 0.717) is 5.56 Å². The quantitative estimate of drug-likeness (QED) is 0.581. The van der Waals surface area contributed by atoms with Crippen molar-refractivity contribution < 1.29 is 4.39 Å². The summed E-state index contributed by atoms with van der Waals surface area (Å²) in [5.41, 5.74) is 1.32. The van der Waals surface area contributed by atoms with Crippen LogP contribution in [-0.2, 0) is 0 Å². The fraction of sp³-hybridized carbons (Fsp3) is 0.100. The van der Waals surface area contributed by atoms with Crippen LogP contribution in [0.25, 0.3) is 6.08 Å². The summed E-state index contributed by atoms with van der Waals surface area (Å²) in [6.45, 7) is 1.81. The van der Waals surface area contributed by atoms with Crippen LogP contribution in [0.5, 0.6) is 0 Å². The van der Waals surface area contributed by atoms with Gasteiger partial charge in [0.05, 0.1) is 6.07 Å². The molecule has 0 heterocycles. The van der Waals surface area contributed by atoms with E-state index >= 15 is 0 Å². The fourth-order valence-electron chi connectivity index (χ4n) is 0.977. The van der Waals surface area contributed by atoms with Gasteiger partial charge < -0.3 is 0 Å². The molecule has 1 nitrogen and oxygen atoms in total. The van der Waals surface area contributed by atoms with Crippen molar-refractivity contribution in [2.75, 3.05) is 0 Å². The Morgan fingerprint density at radius 2 is 2.25 bits per heavy atom. The van der Waals surface area contributed by atoms with Gasteiger partial charge >= 0.3 is 0 Å². The molecular weight excluding hydrogens is 153 g/mol. The summed E-state index contributed by atoms with van der Waals surface area (Å²) < 4.78 is 13.0. The molecule has 0 saturated heterocycles. The van der Waals surface area contributed by atoms with Gasteiger partial charge in [0.15, 0.2) is 0 Å². The highest BCUT2D eigenvalue weighted by Crippen LogP contribution is 2.13. The van der Waals surface area contributed by atoms with Crippen molar-refractivity contribution in [3.63, 3.8) is 0 Å². The molecule has 0 spiro atoms. The van der Waals surface area contributed by atoms with Crippen LogP contribution in [0.1, 0.15) is 11.1 Å². The number of hydrogen-bond acceptors (Lipinski definition) is 1. The third kappa shape index (κ3) is 1.70. The van der Waals surface area contributed by atoms with Gasteiger partial charge in [-0.1, -0.05) is 12.1 Å². The first kappa shape index (κ1) is 8.48. The lowest BCUT2D eigenvalue weighted by molar-refractivity contribution is 0.624. The zero-order valence-electron chi connectivity index (χ0n) is 6.71. The highest BCUT2D eigenvalue weighted by atomic mass is 19.1. The molecule has 0 aliphatic rings. The summed E-state index contributed by atoms with van der Waals surface area (Å²) in [6.07, 6.45) is 2.75. The molecule has 1 aromatic carbocycles. The van der Waals surface area contributed by atoms with Gasteiger partial charge in [-0.2, -0.15) is 5.26 Å². The van der Waals surface area contributed by atoms with Crippen LogP contribution in [0.4, 0.5) is 4.39 Å². The first-order chi connectivity index (χ1) is 5.75. The molecular formula is C10H8FN. The Morgan fingerprint density at radius 3 is 2.83 bits per heavy atom. The molecule has 0 fully saturated rings. The fourth-order valence-corrected chi connectivity index (χ4v) is 0.977. The van der Waals surface area contributed by atoms with Gasteiger partial charge in [0, 0.05) is 11.6 Å². The van der Waals surface area contributed by atoms with Crippen molar-refractivity contribution in [3.05, 3.63) is 41.2 Å². The number of rotatable bonds is 1. The zero-order chi connectivity index (χ0) is 8.97. The molecule has 0 aliphatic carbocycles. The minimum absolute atomic E-state index is 0.290. The molecule has 0 aliphatic heterocycles. The predicted molar refractivity (Wildman–Crippen MR) is 45.8 cm³/mol. The Morgan fingerprint density at radius 1 is 1.50 bits per heavy atom. The molecule has 2 heteroatoms. The Labute approximate surface area is 70.8 Å². The van der Waals surface area contributed by atoms with E-state index in [-0.39, 0.29) is 5.82 Å². The lowest BCUT2D eigenvalue weighted by Gasteiger charge is -1.99. The zero-order valence-corrected chi connectivity index (χ0v) is 6.71. The molecule has 1 aromatic rings. The van der Waals surface area contributed by atoms with Crippen LogP contribution >= 0.6 is 0 Å². The molecule has 60 valence electrons. The molecule has 0 amide bonds. The summed E-state index contributed by atoms with van der Waals surface area (Å²) in [5.74, 6) is -0.290. The number of hydrogen-bond donors (Lipinski definition) is 0. The third-order valence-corrected chi connectivity index (χ3v) is 1.60. The van der Waals surface area contributed by atoms with Gasteiger partial charge in [0.2, 0.25) is 0 Å². The van der Waals surface area contributed by atoms with Crippen molar-refractivity contribution in [3.8, 4) is 6.07 Å². The van der Waals surface area contributed by atoms with Gasteiger partial charge in [-0.3, -0.25) is 0 Å². The smallest absolute Gasteiger partial charge is 0.130 e. The summed E-state index contributed by atoms with van der Waals surface area (Å²) in [4.78, 5) is 0. The summed E-state index contributed by atoms with van der Waals surface area (Å²) in [6, 6.07) is 6.66. The van der Waals surface area contributed by atoms with E-state index in [0.717, 1.165) is 5.56 Å². The first-order valence-electron chi connectivity index (χ1n) is 3.57. The Balaban J connectivity index is 3.15. The highest BCUT2D eigenvalue weighted by Gasteiger charge is 1.99. The molecule has 1 rings (SSSR count). The van der Waals surface area contributed by atoms with Crippen molar-refractivity contribution >= 4 is 6.08 Å². The third-order valence-electron chi connectivity index (χ3n) is 1.60. The minimum atomic E-state index is -0.290. The minimum Gasteiger partial charge on any atom is -0.206 e. The SMILES string of the molecule is Cc1cccc(F)c1C=CC#N. The van der Waals surface area contributed by atoms with Gasteiger partial charge in [0.25, 0.3) is 0 Å². The van der Waals surface area contributed by atoms with Crippen molar-refractivity contribution in [1.29, 1.82) is 5.26 Å². The van der Waals surface area contributed by atoms with E-state index in [4.69, 9.17) is 5.26 Å². The second kappa shape index (κ2) is 3.68. The molecule has 0 unspecified atom stereocenters. The lowest BCUT2D eigenvalue weighted by Crippen LogP contribution is -1.85. The van der Waals surface area contributed by atoms with E-state index in [1.54, 1.807) is 19.1 Å². The van der Waals surface area contributed by atoms with E-state index in [2.05, 4.69) is 0 Å². The molecule has 0 aromatic heterocycles. The second-order valence-electron chi connectivity index (χ2n) is 2.43. The average Bonchev–Trinajstić information content (AvgIpc) is 2.04. The van der Waals surface area contributed by atoms with Crippen LogP contribution in [0.15, 0.2) is 24.3 Å². The second-order valence-corrected chi connectivity index (χ2v) is 2.43. The maximum atomic E-state index is 13.0. The monoisotopic (exact) mass is 161 g/mol. The summed E-state index contributed by atoms with van der Waals surface area (Å²) in [5, 5.41) is 8.25. The van der Waals surface area contributed by atoms with Crippen molar-refractivity contribution in [2.24, 2.45) is 0 Å². The highest BCUT2D eigenvalue weighted by molar-refractivity contribution is 5.56. The van der Waals surface area contributed by atoms with Gasteiger partial charge in [0.1, 0.15) is 5.82 Å². The topological polar surface area (TPSA) is 23.8 Å².